The molecule has 0 saturated heterocycles. The van der Waals surface area contributed by atoms with E-state index in [1.807, 2.05) is 23.5 Å². The van der Waals surface area contributed by atoms with Gasteiger partial charge in [0.1, 0.15) is 0 Å². The summed E-state index contributed by atoms with van der Waals surface area (Å²) in [6, 6.07) is 86.4. The van der Waals surface area contributed by atoms with E-state index in [-0.39, 0.29) is 12.1 Å². The number of nitrogens with zero attached hydrogens (tertiary/aromatic N) is 2. The minimum absolute atomic E-state index is 0.00669. The summed E-state index contributed by atoms with van der Waals surface area (Å²) in [5, 5.41) is 0. The zero-order valence-electron chi connectivity index (χ0n) is 39.2. The molecular weight excluding hydrogens is 884 g/mol. The number of anilines is 6. The monoisotopic (exact) mass is 930 g/mol. The van der Waals surface area contributed by atoms with Crippen LogP contribution in [-0.4, -0.2) is 6.71 Å². The number of rotatable bonds is 6. The van der Waals surface area contributed by atoms with Gasteiger partial charge in [-0.1, -0.05) is 207 Å². The molecule has 332 valence electrons. The summed E-state index contributed by atoms with van der Waals surface area (Å²) in [4.78, 5) is 10.2. The highest BCUT2D eigenvalue weighted by Gasteiger charge is 2.53. The first-order chi connectivity index (χ1) is 34.4. The molecule has 2 heterocycles. The van der Waals surface area contributed by atoms with E-state index in [4.69, 9.17) is 0 Å². The molecule has 0 fully saturated rings. The highest BCUT2D eigenvalue weighted by Crippen LogP contribution is 2.65. The summed E-state index contributed by atoms with van der Waals surface area (Å²) >= 11 is 3.90. The van der Waals surface area contributed by atoms with Gasteiger partial charge in [-0.2, -0.15) is 0 Å². The molecule has 0 N–H and O–H groups in total. The van der Waals surface area contributed by atoms with Gasteiger partial charge in [0, 0.05) is 53.6 Å². The van der Waals surface area contributed by atoms with E-state index >= 15 is 0 Å². The molecular formula is C65H47BN2S2. The quantitative estimate of drug-likeness (QED) is 0.153. The van der Waals surface area contributed by atoms with Crippen molar-refractivity contribution in [1.82, 2.24) is 0 Å². The van der Waals surface area contributed by atoms with Gasteiger partial charge in [-0.15, -0.1) is 0 Å². The number of hydrogen-bond acceptors (Lipinski definition) is 4. The molecule has 2 aliphatic heterocycles. The summed E-state index contributed by atoms with van der Waals surface area (Å²) in [5.41, 5.74) is 22.6. The Kier molecular flexibility index (Phi) is 9.37. The predicted molar refractivity (Wildman–Crippen MR) is 297 cm³/mol. The zero-order valence-corrected chi connectivity index (χ0v) is 40.9. The molecule has 2 aliphatic carbocycles. The topological polar surface area (TPSA) is 6.48 Å². The van der Waals surface area contributed by atoms with Crippen molar-refractivity contribution in [3.05, 3.63) is 258 Å². The third-order valence-corrected chi connectivity index (χ3v) is 17.4. The molecule has 1 spiro atoms. The second kappa shape index (κ2) is 15.8. The Balaban J connectivity index is 1.03. The van der Waals surface area contributed by atoms with Gasteiger partial charge in [-0.25, -0.2) is 0 Å². The molecule has 0 amide bonds. The average molecular weight is 931 g/mol. The van der Waals surface area contributed by atoms with Crippen LogP contribution in [0, 0.1) is 0 Å². The van der Waals surface area contributed by atoms with E-state index in [0.29, 0.717) is 0 Å². The molecule has 0 aromatic heterocycles. The Morgan fingerprint density at radius 1 is 0.371 bits per heavy atom. The number of hydrogen-bond donors (Lipinski definition) is 0. The molecule has 0 saturated carbocycles. The van der Waals surface area contributed by atoms with Gasteiger partial charge in [0.25, 0.3) is 0 Å². The Hall–Kier alpha value is -7.44. The standard InChI is InChI=1S/C65H47BN2S2/c1-64(2,3)42-35-36-58-55(37-42)66-56-40-50-48-29-16-18-31-51(48)65(52-32-19-17-30-49(52)62-53(65)33-20-34-57(62)68(45-25-12-6-13-26-45)46-27-14-7-15-28-46)54(50)41-59(56)70-61-39-47(38-60(69-58)63(61)66)67(43-21-8-4-9-22-43)44-23-10-5-11-24-44/h4-41H,1-3H3/t65-/m0/s1. The molecule has 5 heteroatoms. The first-order valence-electron chi connectivity index (χ1n) is 24.4. The Morgan fingerprint density at radius 3 is 1.47 bits per heavy atom. The molecule has 10 aromatic carbocycles. The summed E-state index contributed by atoms with van der Waals surface area (Å²) in [5.74, 6) is 0. The van der Waals surface area contributed by atoms with Crippen LogP contribution in [-0.2, 0) is 10.8 Å². The molecule has 14 rings (SSSR count). The molecule has 70 heavy (non-hydrogen) atoms. The lowest BCUT2D eigenvalue weighted by atomic mass is 9.36. The van der Waals surface area contributed by atoms with Crippen molar-refractivity contribution in [2.75, 3.05) is 9.80 Å². The van der Waals surface area contributed by atoms with Gasteiger partial charge in [-0.3, -0.25) is 0 Å². The SMILES string of the molecule is CC(C)(C)c1ccc2c(c1)B1c3cc4c(cc3Sc3cc(N(c5ccccc5)c5ccccc5)cc(c31)S2)[C@@]1(c2ccccc2-4)c2ccccc2-c2c(N(c3ccccc3)c3ccccc3)cccc21. The van der Waals surface area contributed by atoms with Crippen LogP contribution in [0.4, 0.5) is 34.1 Å². The second-order valence-corrected chi connectivity index (χ2v) is 22.2. The van der Waals surface area contributed by atoms with Gasteiger partial charge in [-0.05, 0) is 134 Å². The van der Waals surface area contributed by atoms with Crippen LogP contribution < -0.4 is 26.2 Å². The van der Waals surface area contributed by atoms with Crippen LogP contribution >= 0.6 is 23.5 Å². The maximum absolute atomic E-state index is 2.62. The smallest absolute Gasteiger partial charge is 0.247 e. The van der Waals surface area contributed by atoms with Crippen molar-refractivity contribution in [2.45, 2.75) is 51.2 Å². The van der Waals surface area contributed by atoms with E-state index in [2.05, 4.69) is 261 Å². The van der Waals surface area contributed by atoms with Gasteiger partial charge >= 0.3 is 0 Å². The van der Waals surface area contributed by atoms with Crippen LogP contribution in [0.25, 0.3) is 22.3 Å². The third kappa shape index (κ3) is 6.11. The minimum Gasteiger partial charge on any atom is -0.310 e. The molecule has 0 unspecified atom stereocenters. The lowest BCUT2D eigenvalue weighted by molar-refractivity contribution is 0.590. The van der Waals surface area contributed by atoms with E-state index in [0.717, 1.165) is 22.7 Å². The number of benzene rings is 10. The van der Waals surface area contributed by atoms with Crippen molar-refractivity contribution < 1.29 is 0 Å². The molecule has 0 bridgehead atoms. The van der Waals surface area contributed by atoms with Gasteiger partial charge in [0.15, 0.2) is 0 Å². The van der Waals surface area contributed by atoms with E-state index < -0.39 is 5.41 Å². The number of para-hydroxylation sites is 4. The lowest BCUT2D eigenvalue weighted by Gasteiger charge is -2.37. The van der Waals surface area contributed by atoms with Crippen LogP contribution in [0.15, 0.2) is 250 Å². The summed E-state index contributed by atoms with van der Waals surface area (Å²) < 4.78 is 0. The normalized spacial score (nSPS) is 15.3. The van der Waals surface area contributed by atoms with Crippen molar-refractivity contribution in [2.24, 2.45) is 0 Å². The summed E-state index contributed by atoms with van der Waals surface area (Å²) in [7, 11) is 0. The average Bonchev–Trinajstić information content (AvgIpc) is 3.86. The molecule has 2 nitrogen and oxygen atoms in total. The van der Waals surface area contributed by atoms with Crippen molar-refractivity contribution in [1.29, 1.82) is 0 Å². The van der Waals surface area contributed by atoms with Crippen LogP contribution in [0.2, 0.25) is 0 Å². The van der Waals surface area contributed by atoms with Crippen LogP contribution in [0.3, 0.4) is 0 Å². The maximum atomic E-state index is 2.62. The van der Waals surface area contributed by atoms with E-state index in [1.165, 1.54) is 97.4 Å². The summed E-state index contributed by atoms with van der Waals surface area (Å²) in [6.45, 7) is 7.10. The lowest BCUT2D eigenvalue weighted by Crippen LogP contribution is -2.58. The highest BCUT2D eigenvalue weighted by atomic mass is 32.2. The first-order valence-corrected chi connectivity index (χ1v) is 26.0. The van der Waals surface area contributed by atoms with Gasteiger partial charge in [0.2, 0.25) is 6.71 Å². The van der Waals surface area contributed by atoms with Crippen LogP contribution in [0.1, 0.15) is 48.6 Å². The fourth-order valence-electron chi connectivity index (χ4n) is 12.1. The summed E-state index contributed by atoms with van der Waals surface area (Å²) in [6.07, 6.45) is 0. The minimum atomic E-state index is -0.535. The Bertz CT molecular complexity index is 3640. The number of fused-ring (bicyclic) bond motifs is 14. The maximum Gasteiger partial charge on any atom is 0.247 e. The van der Waals surface area contributed by atoms with E-state index in [9.17, 15) is 0 Å². The Labute approximate surface area is 419 Å². The molecule has 0 radical (unpaired) electrons. The van der Waals surface area contributed by atoms with Crippen molar-refractivity contribution in [3.8, 4) is 22.3 Å². The van der Waals surface area contributed by atoms with Gasteiger partial charge in [0.05, 0.1) is 11.1 Å². The fraction of sp³-hybridized carbons (Fsp3) is 0.0769. The molecule has 4 aliphatic rings. The largest absolute Gasteiger partial charge is 0.310 e. The predicted octanol–water partition coefficient (Wildman–Crippen LogP) is 15.7. The van der Waals surface area contributed by atoms with Crippen LogP contribution in [0.5, 0.6) is 0 Å². The highest BCUT2D eigenvalue weighted by molar-refractivity contribution is 8.01. The van der Waals surface area contributed by atoms with Crippen molar-refractivity contribution in [3.63, 3.8) is 0 Å². The zero-order chi connectivity index (χ0) is 46.7. The van der Waals surface area contributed by atoms with E-state index in [1.54, 1.807) is 0 Å². The molecule has 1 atom stereocenters. The third-order valence-electron chi connectivity index (χ3n) is 15.1. The van der Waals surface area contributed by atoms with Gasteiger partial charge < -0.3 is 9.80 Å². The first kappa shape index (κ1) is 41.5. The second-order valence-electron chi connectivity index (χ2n) is 20.0. The van der Waals surface area contributed by atoms with Crippen molar-refractivity contribution >= 4 is 80.7 Å². The molecule has 10 aromatic rings. The Morgan fingerprint density at radius 2 is 0.871 bits per heavy atom. The fourth-order valence-corrected chi connectivity index (χ4v) is 14.6.